The van der Waals surface area contributed by atoms with Gasteiger partial charge in [0.05, 0.1) is 6.20 Å². The van der Waals surface area contributed by atoms with Gasteiger partial charge >= 0.3 is 0 Å². The van der Waals surface area contributed by atoms with Crippen molar-refractivity contribution in [1.82, 2.24) is 19.5 Å². The largest absolute Gasteiger partial charge is 0.337 e. The number of nitrogens with zero attached hydrogens (tertiary/aromatic N) is 4. The van der Waals surface area contributed by atoms with Crippen molar-refractivity contribution < 1.29 is 4.79 Å². The van der Waals surface area contributed by atoms with Crippen LogP contribution in [0.25, 0.3) is 5.65 Å². The van der Waals surface area contributed by atoms with Gasteiger partial charge in [-0.15, -0.1) is 0 Å². The molecule has 0 spiro atoms. The third kappa shape index (κ3) is 2.89. The molecule has 24 heavy (non-hydrogen) atoms. The lowest BCUT2D eigenvalue weighted by Crippen LogP contribution is -2.39. The molecular weight excluding hydrogens is 300 g/mol. The minimum atomic E-state index is 0.0456. The van der Waals surface area contributed by atoms with Gasteiger partial charge in [-0.1, -0.05) is 30.3 Å². The third-order valence-corrected chi connectivity index (χ3v) is 4.78. The molecule has 1 aliphatic heterocycles. The van der Waals surface area contributed by atoms with Crippen LogP contribution in [0.5, 0.6) is 0 Å². The van der Waals surface area contributed by atoms with E-state index in [0.29, 0.717) is 17.3 Å². The first-order valence-electron chi connectivity index (χ1n) is 8.43. The summed E-state index contributed by atoms with van der Waals surface area (Å²) in [6.07, 6.45) is 6.54. The van der Waals surface area contributed by atoms with Gasteiger partial charge in [0, 0.05) is 25.4 Å². The first kappa shape index (κ1) is 14.9. The van der Waals surface area contributed by atoms with Gasteiger partial charge < -0.3 is 4.90 Å². The topological polar surface area (TPSA) is 50.5 Å². The highest BCUT2D eigenvalue weighted by atomic mass is 16.2. The van der Waals surface area contributed by atoms with E-state index in [-0.39, 0.29) is 5.91 Å². The summed E-state index contributed by atoms with van der Waals surface area (Å²) in [5.41, 5.74) is 2.68. The molecule has 0 N–H and O–H groups in total. The molecule has 4 rings (SSSR count). The van der Waals surface area contributed by atoms with Crippen LogP contribution in [0.3, 0.4) is 0 Å². The van der Waals surface area contributed by atoms with Crippen molar-refractivity contribution in [2.45, 2.75) is 19.3 Å². The van der Waals surface area contributed by atoms with Crippen molar-refractivity contribution in [3.05, 3.63) is 66.1 Å². The molecule has 5 nitrogen and oxygen atoms in total. The van der Waals surface area contributed by atoms with E-state index in [2.05, 4.69) is 40.4 Å². The number of carbonyl (C=O) groups excluding carboxylic acids is 1. The number of piperidine rings is 1. The van der Waals surface area contributed by atoms with Crippen LogP contribution in [0.2, 0.25) is 0 Å². The minimum absolute atomic E-state index is 0.0456. The van der Waals surface area contributed by atoms with E-state index < -0.39 is 0 Å². The smallest absolute Gasteiger partial charge is 0.272 e. The maximum absolute atomic E-state index is 12.8. The molecular formula is C19H20N4O. The molecule has 122 valence electrons. The molecule has 0 aliphatic carbocycles. The molecule has 0 saturated carbocycles. The van der Waals surface area contributed by atoms with Crippen molar-refractivity contribution in [1.29, 1.82) is 0 Å². The lowest BCUT2D eigenvalue weighted by atomic mass is 9.90. The molecule has 1 aromatic carbocycles. The van der Waals surface area contributed by atoms with Crippen molar-refractivity contribution in [3.63, 3.8) is 0 Å². The summed E-state index contributed by atoms with van der Waals surface area (Å²) in [5, 5.41) is 4.21. The fourth-order valence-corrected chi connectivity index (χ4v) is 3.45. The first-order chi connectivity index (χ1) is 11.8. The van der Waals surface area contributed by atoms with Crippen molar-refractivity contribution >= 4 is 11.6 Å². The third-order valence-electron chi connectivity index (χ3n) is 4.78. The number of rotatable bonds is 3. The van der Waals surface area contributed by atoms with E-state index >= 15 is 0 Å². The molecule has 2 aromatic heterocycles. The average molecular weight is 320 g/mol. The Kier molecular flexibility index (Phi) is 3.99. The highest BCUT2D eigenvalue weighted by molar-refractivity contribution is 5.93. The maximum atomic E-state index is 12.8. The summed E-state index contributed by atoms with van der Waals surface area (Å²) in [7, 11) is 0. The molecule has 3 aromatic rings. The quantitative estimate of drug-likeness (QED) is 0.745. The van der Waals surface area contributed by atoms with Crippen molar-refractivity contribution in [2.75, 3.05) is 13.1 Å². The van der Waals surface area contributed by atoms with E-state index in [1.54, 1.807) is 23.0 Å². The van der Waals surface area contributed by atoms with Crippen LogP contribution in [0.1, 0.15) is 28.9 Å². The molecule has 5 heteroatoms. The van der Waals surface area contributed by atoms with Gasteiger partial charge in [-0.3, -0.25) is 4.79 Å². The van der Waals surface area contributed by atoms with E-state index in [9.17, 15) is 4.79 Å². The summed E-state index contributed by atoms with van der Waals surface area (Å²) in [5.74, 6) is 0.697. The number of aromatic nitrogens is 3. The summed E-state index contributed by atoms with van der Waals surface area (Å²) >= 11 is 0. The number of hydrogen-bond acceptors (Lipinski definition) is 3. The second-order valence-corrected chi connectivity index (χ2v) is 6.36. The molecule has 0 radical (unpaired) electrons. The zero-order valence-corrected chi connectivity index (χ0v) is 13.5. The van der Waals surface area contributed by atoms with Gasteiger partial charge in [0.1, 0.15) is 5.69 Å². The standard InChI is InChI=1S/C19H20N4O/c24-19(17-6-10-20-18-7-11-21-23(17)18)22-12-8-16(9-13-22)14-15-4-2-1-3-5-15/h1-7,10-11,16H,8-9,12-14H2. The van der Waals surface area contributed by atoms with Gasteiger partial charge in [-0.05, 0) is 36.8 Å². The van der Waals surface area contributed by atoms with Crippen LogP contribution in [0.4, 0.5) is 0 Å². The van der Waals surface area contributed by atoms with Crippen LogP contribution in [-0.2, 0) is 6.42 Å². The minimum Gasteiger partial charge on any atom is -0.337 e. The van der Waals surface area contributed by atoms with Crippen LogP contribution < -0.4 is 0 Å². The lowest BCUT2D eigenvalue weighted by Gasteiger charge is -2.32. The highest BCUT2D eigenvalue weighted by Crippen LogP contribution is 2.22. The highest BCUT2D eigenvalue weighted by Gasteiger charge is 2.25. The van der Waals surface area contributed by atoms with Crippen LogP contribution in [-0.4, -0.2) is 38.5 Å². The molecule has 1 saturated heterocycles. The molecule has 0 bridgehead atoms. The fourth-order valence-electron chi connectivity index (χ4n) is 3.45. The Morgan fingerprint density at radius 3 is 2.62 bits per heavy atom. The van der Waals surface area contributed by atoms with Crippen LogP contribution in [0.15, 0.2) is 54.9 Å². The van der Waals surface area contributed by atoms with Gasteiger partial charge in [-0.25, -0.2) is 9.50 Å². The molecule has 3 heterocycles. The van der Waals surface area contributed by atoms with E-state index in [0.717, 1.165) is 32.4 Å². The van der Waals surface area contributed by atoms with E-state index in [1.165, 1.54) is 5.56 Å². The van der Waals surface area contributed by atoms with E-state index in [1.807, 2.05) is 11.0 Å². The average Bonchev–Trinajstić information content (AvgIpc) is 3.11. The Balaban J connectivity index is 1.42. The summed E-state index contributed by atoms with van der Waals surface area (Å²) in [6, 6.07) is 14.2. The van der Waals surface area contributed by atoms with E-state index in [4.69, 9.17) is 0 Å². The monoisotopic (exact) mass is 320 g/mol. The molecule has 1 amide bonds. The predicted octanol–water partition coefficient (Wildman–Crippen LogP) is 2.82. The van der Waals surface area contributed by atoms with Gasteiger partial charge in [0.15, 0.2) is 5.65 Å². The van der Waals surface area contributed by atoms with Gasteiger partial charge in [0.2, 0.25) is 0 Å². The number of amides is 1. The number of carbonyl (C=O) groups is 1. The summed E-state index contributed by atoms with van der Waals surface area (Å²) < 4.78 is 1.62. The second-order valence-electron chi connectivity index (χ2n) is 6.36. The lowest BCUT2D eigenvalue weighted by molar-refractivity contribution is 0.0681. The molecule has 0 atom stereocenters. The summed E-state index contributed by atoms with van der Waals surface area (Å²) in [6.45, 7) is 1.61. The fraction of sp³-hybridized carbons (Fsp3) is 0.316. The van der Waals surface area contributed by atoms with Gasteiger partial charge in [0.25, 0.3) is 5.91 Å². The zero-order chi connectivity index (χ0) is 16.4. The SMILES string of the molecule is O=C(c1ccnc2ccnn12)N1CCC(Cc2ccccc2)CC1. The van der Waals surface area contributed by atoms with Gasteiger partial charge in [-0.2, -0.15) is 5.10 Å². The summed E-state index contributed by atoms with van der Waals surface area (Å²) in [4.78, 5) is 19.0. The number of hydrogen-bond donors (Lipinski definition) is 0. The van der Waals surface area contributed by atoms with Crippen LogP contribution >= 0.6 is 0 Å². The number of likely N-dealkylation sites (tertiary alicyclic amines) is 1. The Hall–Kier alpha value is -2.69. The number of benzene rings is 1. The molecule has 1 aliphatic rings. The normalized spacial score (nSPS) is 15.8. The zero-order valence-electron chi connectivity index (χ0n) is 13.5. The number of fused-ring (bicyclic) bond motifs is 1. The van der Waals surface area contributed by atoms with Crippen molar-refractivity contribution in [2.24, 2.45) is 5.92 Å². The Morgan fingerprint density at radius 2 is 1.83 bits per heavy atom. The Bertz CT molecular complexity index is 835. The second kappa shape index (κ2) is 6.43. The first-order valence-corrected chi connectivity index (χ1v) is 8.43. The Labute approximate surface area is 140 Å². The maximum Gasteiger partial charge on any atom is 0.272 e. The van der Waals surface area contributed by atoms with Crippen molar-refractivity contribution in [3.8, 4) is 0 Å². The Morgan fingerprint density at radius 1 is 1.04 bits per heavy atom. The van der Waals surface area contributed by atoms with Crippen LogP contribution in [0, 0.1) is 5.92 Å². The molecule has 0 unspecified atom stereocenters. The molecule has 1 fully saturated rings. The predicted molar refractivity (Wildman–Crippen MR) is 91.8 cm³/mol.